The van der Waals surface area contributed by atoms with Crippen LogP contribution in [0.4, 0.5) is 5.95 Å². The highest BCUT2D eigenvalue weighted by Gasteiger charge is 2.29. The van der Waals surface area contributed by atoms with Crippen LogP contribution in [0.25, 0.3) is 11.2 Å². The monoisotopic (exact) mass is 236 g/mol. The first kappa shape index (κ1) is 9.90. The van der Waals surface area contributed by atoms with Crippen molar-refractivity contribution >= 4 is 28.7 Å². The van der Waals surface area contributed by atoms with Gasteiger partial charge in [0.2, 0.25) is 5.95 Å². The Morgan fingerprint density at radius 3 is 2.94 bits per heavy atom. The topological polar surface area (TPSA) is 56.7 Å². The molecule has 4 nitrogen and oxygen atoms in total. The Kier molecular flexibility index (Phi) is 2.07. The molecule has 0 spiro atoms. The average Bonchev–Trinajstić information content (AvgIpc) is 2.48. The lowest BCUT2D eigenvalue weighted by molar-refractivity contribution is 0.222. The van der Waals surface area contributed by atoms with Crippen molar-refractivity contribution in [2.75, 3.05) is 5.73 Å². The second kappa shape index (κ2) is 3.35. The summed E-state index contributed by atoms with van der Waals surface area (Å²) in [5, 5.41) is 0.596. The van der Waals surface area contributed by atoms with E-state index in [2.05, 4.69) is 16.9 Å². The molecule has 1 fully saturated rings. The third-order valence-electron chi connectivity index (χ3n) is 3.24. The maximum absolute atomic E-state index is 5.93. The zero-order chi connectivity index (χ0) is 11.3. The minimum atomic E-state index is 0.452. The van der Waals surface area contributed by atoms with E-state index in [1.165, 1.54) is 0 Å². The number of halogens is 1. The molecule has 2 heterocycles. The molecule has 0 saturated heterocycles. The molecule has 0 unspecified atom stereocenters. The van der Waals surface area contributed by atoms with E-state index in [4.69, 9.17) is 17.3 Å². The van der Waals surface area contributed by atoms with Crippen molar-refractivity contribution in [2.45, 2.75) is 25.8 Å². The molecule has 16 heavy (non-hydrogen) atoms. The third-order valence-corrected chi connectivity index (χ3v) is 3.44. The fourth-order valence-electron chi connectivity index (χ4n) is 2.41. The van der Waals surface area contributed by atoms with Gasteiger partial charge in [-0.25, -0.2) is 9.97 Å². The van der Waals surface area contributed by atoms with Crippen LogP contribution >= 0.6 is 11.6 Å². The van der Waals surface area contributed by atoms with Gasteiger partial charge in [0.1, 0.15) is 5.52 Å². The summed E-state index contributed by atoms with van der Waals surface area (Å²) >= 11 is 5.88. The van der Waals surface area contributed by atoms with Crippen LogP contribution < -0.4 is 5.73 Å². The fourth-order valence-corrected chi connectivity index (χ4v) is 2.56. The summed E-state index contributed by atoms with van der Waals surface area (Å²) in [7, 11) is 0. The largest absolute Gasteiger partial charge is 0.369 e. The minimum Gasteiger partial charge on any atom is -0.369 e. The summed E-state index contributed by atoms with van der Waals surface area (Å²) in [5.74, 6) is 1.32. The van der Waals surface area contributed by atoms with Gasteiger partial charge in [-0.05, 0) is 24.8 Å². The molecule has 0 amide bonds. The summed E-state index contributed by atoms with van der Waals surface area (Å²) in [5.41, 5.74) is 7.56. The van der Waals surface area contributed by atoms with Gasteiger partial charge >= 0.3 is 0 Å². The summed E-state index contributed by atoms with van der Waals surface area (Å²) < 4.78 is 2.03. The van der Waals surface area contributed by atoms with Crippen molar-refractivity contribution in [1.29, 1.82) is 0 Å². The number of fused-ring (bicyclic) bond motifs is 1. The smallest absolute Gasteiger partial charge is 0.202 e. The highest BCUT2D eigenvalue weighted by Crippen LogP contribution is 2.40. The molecule has 0 radical (unpaired) electrons. The van der Waals surface area contributed by atoms with E-state index in [9.17, 15) is 0 Å². The van der Waals surface area contributed by atoms with Crippen molar-refractivity contribution < 1.29 is 0 Å². The van der Waals surface area contributed by atoms with E-state index in [1.54, 1.807) is 12.3 Å². The van der Waals surface area contributed by atoms with Crippen LogP contribution in [0.15, 0.2) is 12.3 Å². The number of nitrogen functional groups attached to an aromatic ring is 1. The lowest BCUT2D eigenvalue weighted by Gasteiger charge is -2.34. The van der Waals surface area contributed by atoms with Gasteiger partial charge in [0.15, 0.2) is 5.65 Å². The molecule has 1 saturated carbocycles. The van der Waals surface area contributed by atoms with Gasteiger partial charge < -0.3 is 5.73 Å². The highest BCUT2D eigenvalue weighted by atomic mass is 35.5. The summed E-state index contributed by atoms with van der Waals surface area (Å²) in [6, 6.07) is 2.26. The lowest BCUT2D eigenvalue weighted by atomic mass is 9.82. The van der Waals surface area contributed by atoms with Crippen molar-refractivity contribution in [1.82, 2.24) is 14.5 Å². The van der Waals surface area contributed by atoms with Crippen LogP contribution in [0.3, 0.4) is 0 Å². The number of nitrogens with zero attached hydrogens (tertiary/aromatic N) is 3. The molecular formula is C11H13ClN4. The Balaban J connectivity index is 2.13. The van der Waals surface area contributed by atoms with Crippen LogP contribution in [0.2, 0.25) is 5.02 Å². The highest BCUT2D eigenvalue weighted by molar-refractivity contribution is 6.31. The molecule has 3 rings (SSSR count). The van der Waals surface area contributed by atoms with E-state index in [-0.39, 0.29) is 0 Å². The first-order valence-corrected chi connectivity index (χ1v) is 5.82. The van der Waals surface area contributed by atoms with Crippen LogP contribution in [-0.2, 0) is 0 Å². The molecule has 1 aliphatic rings. The molecule has 1 aliphatic carbocycles. The van der Waals surface area contributed by atoms with Crippen molar-refractivity contribution in [3.05, 3.63) is 17.3 Å². The van der Waals surface area contributed by atoms with Gasteiger partial charge in [0.25, 0.3) is 0 Å². The summed E-state index contributed by atoms with van der Waals surface area (Å²) in [4.78, 5) is 8.61. The second-order valence-corrected chi connectivity index (χ2v) is 5.00. The van der Waals surface area contributed by atoms with Gasteiger partial charge in [-0.2, -0.15) is 0 Å². The molecule has 84 valence electrons. The van der Waals surface area contributed by atoms with E-state index in [1.807, 2.05) is 4.57 Å². The molecule has 0 bridgehead atoms. The predicted octanol–water partition coefficient (Wildman–Crippen LogP) is 2.64. The van der Waals surface area contributed by atoms with E-state index in [0.717, 1.165) is 29.9 Å². The maximum Gasteiger partial charge on any atom is 0.202 e. The van der Waals surface area contributed by atoms with Crippen molar-refractivity contribution in [3.8, 4) is 0 Å². The molecular weight excluding hydrogens is 224 g/mol. The van der Waals surface area contributed by atoms with Crippen LogP contribution in [-0.4, -0.2) is 14.5 Å². The van der Waals surface area contributed by atoms with E-state index in [0.29, 0.717) is 17.0 Å². The Labute approximate surface area is 98.4 Å². The number of anilines is 1. The SMILES string of the molecule is CC1CC(n2c(N)nc3cc(Cl)cnc32)C1. The Morgan fingerprint density at radius 2 is 2.25 bits per heavy atom. The molecule has 0 aromatic carbocycles. The number of nitrogens with two attached hydrogens (primary N) is 1. The standard InChI is InChI=1S/C11H13ClN4/c1-6-2-8(3-6)16-10-9(15-11(16)13)4-7(12)5-14-10/h4-6,8H,2-3H2,1H3,(H2,13,15). The van der Waals surface area contributed by atoms with Gasteiger partial charge in [-0.15, -0.1) is 0 Å². The zero-order valence-corrected chi connectivity index (χ0v) is 9.78. The van der Waals surface area contributed by atoms with E-state index >= 15 is 0 Å². The first-order valence-electron chi connectivity index (χ1n) is 5.44. The maximum atomic E-state index is 5.93. The van der Waals surface area contributed by atoms with Crippen molar-refractivity contribution in [2.24, 2.45) is 5.92 Å². The molecule has 2 aromatic heterocycles. The van der Waals surface area contributed by atoms with Gasteiger partial charge in [0.05, 0.1) is 5.02 Å². The summed E-state index contributed by atoms with van der Waals surface area (Å²) in [6.07, 6.45) is 3.95. The molecule has 5 heteroatoms. The number of hydrogen-bond acceptors (Lipinski definition) is 3. The number of imidazole rings is 1. The predicted molar refractivity (Wildman–Crippen MR) is 64.4 cm³/mol. The fraction of sp³-hybridized carbons (Fsp3) is 0.455. The number of hydrogen-bond donors (Lipinski definition) is 1. The van der Waals surface area contributed by atoms with Crippen LogP contribution in [0.5, 0.6) is 0 Å². The molecule has 0 atom stereocenters. The minimum absolute atomic E-state index is 0.452. The molecule has 2 aromatic rings. The quantitative estimate of drug-likeness (QED) is 0.828. The number of rotatable bonds is 1. The average molecular weight is 237 g/mol. The van der Waals surface area contributed by atoms with Gasteiger partial charge in [-0.3, -0.25) is 4.57 Å². The normalized spacial score (nSPS) is 24.6. The zero-order valence-electron chi connectivity index (χ0n) is 9.02. The Morgan fingerprint density at radius 1 is 1.50 bits per heavy atom. The molecule has 0 aliphatic heterocycles. The van der Waals surface area contributed by atoms with E-state index < -0.39 is 0 Å². The first-order chi connectivity index (χ1) is 7.65. The van der Waals surface area contributed by atoms with Gasteiger partial charge in [-0.1, -0.05) is 18.5 Å². The molecule has 2 N–H and O–H groups in total. The van der Waals surface area contributed by atoms with Crippen LogP contribution in [0.1, 0.15) is 25.8 Å². The summed E-state index contributed by atoms with van der Waals surface area (Å²) in [6.45, 7) is 2.25. The van der Waals surface area contributed by atoms with Crippen molar-refractivity contribution in [3.63, 3.8) is 0 Å². The second-order valence-electron chi connectivity index (χ2n) is 4.57. The number of aromatic nitrogens is 3. The van der Waals surface area contributed by atoms with Crippen LogP contribution in [0, 0.1) is 5.92 Å². The lowest BCUT2D eigenvalue weighted by Crippen LogP contribution is -2.25. The number of pyridine rings is 1. The Hall–Kier alpha value is -1.29. The Bertz CT molecular complexity index is 542. The van der Waals surface area contributed by atoms with Gasteiger partial charge in [0, 0.05) is 12.2 Å². The third kappa shape index (κ3) is 1.37.